The van der Waals surface area contributed by atoms with Crippen LogP contribution in [0.2, 0.25) is 0 Å². The summed E-state index contributed by atoms with van der Waals surface area (Å²) in [7, 11) is 0. The quantitative estimate of drug-likeness (QED) is 0.376. The molecule has 1 amide bonds. The fourth-order valence-electron chi connectivity index (χ4n) is 5.10. The van der Waals surface area contributed by atoms with Gasteiger partial charge in [-0.2, -0.15) is 5.10 Å². The zero-order valence-electron chi connectivity index (χ0n) is 20.3. The first-order chi connectivity index (χ1) is 18.1. The molecule has 3 aliphatic heterocycles. The number of nitrogens with zero attached hydrogens (tertiary/aromatic N) is 2. The first kappa shape index (κ1) is 23.1. The van der Waals surface area contributed by atoms with E-state index in [0.29, 0.717) is 31.1 Å². The molecule has 4 aromatic rings. The van der Waals surface area contributed by atoms with Gasteiger partial charge < -0.3 is 19.9 Å². The molecule has 3 aromatic carbocycles. The highest BCUT2D eigenvalue weighted by Gasteiger charge is 2.30. The number of aromatic nitrogens is 2. The number of phenolic OH excluding ortho intramolecular Hbond substituents is 1. The Hall–Kier alpha value is -4.30. The van der Waals surface area contributed by atoms with Crippen LogP contribution < -0.4 is 14.8 Å². The number of H-pyrrole nitrogens is 1. The van der Waals surface area contributed by atoms with Crippen LogP contribution in [-0.4, -0.2) is 45.8 Å². The van der Waals surface area contributed by atoms with Crippen molar-refractivity contribution in [2.24, 2.45) is 0 Å². The number of benzene rings is 3. The van der Waals surface area contributed by atoms with Crippen molar-refractivity contribution < 1.29 is 19.4 Å². The maximum absolute atomic E-state index is 12.7. The molecule has 1 aromatic heterocycles. The highest BCUT2D eigenvalue weighted by Crippen LogP contribution is 2.39. The third-order valence-corrected chi connectivity index (χ3v) is 6.87. The molecule has 8 heteroatoms. The van der Waals surface area contributed by atoms with E-state index < -0.39 is 0 Å². The lowest BCUT2D eigenvalue weighted by molar-refractivity contribution is 0.0948. The number of hydrogen-bond acceptors (Lipinski definition) is 6. The van der Waals surface area contributed by atoms with Crippen molar-refractivity contribution >= 4 is 5.91 Å². The lowest BCUT2D eigenvalue weighted by Gasteiger charge is -2.37. The van der Waals surface area contributed by atoms with Crippen molar-refractivity contribution in [1.82, 2.24) is 20.4 Å². The van der Waals surface area contributed by atoms with E-state index in [0.717, 1.165) is 36.5 Å². The second kappa shape index (κ2) is 9.99. The van der Waals surface area contributed by atoms with Gasteiger partial charge in [0.1, 0.15) is 23.0 Å². The molecule has 0 aliphatic carbocycles. The number of aromatic hydroxyl groups is 1. The number of phenols is 1. The molecule has 0 spiro atoms. The molecular weight excluding hydrogens is 468 g/mol. The van der Waals surface area contributed by atoms with Crippen molar-refractivity contribution in [1.29, 1.82) is 0 Å². The fourth-order valence-corrected chi connectivity index (χ4v) is 5.10. The number of rotatable bonds is 2. The number of carbonyl (C=O) groups excluding carboxylic acids is 1. The van der Waals surface area contributed by atoms with Gasteiger partial charge in [0.05, 0.1) is 18.2 Å². The largest absolute Gasteiger partial charge is 0.507 e. The van der Waals surface area contributed by atoms with Gasteiger partial charge in [0, 0.05) is 31.5 Å². The monoisotopic (exact) mass is 496 g/mol. The predicted molar refractivity (Wildman–Crippen MR) is 138 cm³/mol. The first-order valence-electron chi connectivity index (χ1n) is 12.5. The minimum absolute atomic E-state index is 0.0445. The van der Waals surface area contributed by atoms with Gasteiger partial charge in [-0.15, -0.1) is 0 Å². The Morgan fingerprint density at radius 2 is 1.92 bits per heavy atom. The number of fused-ring (bicyclic) bond motifs is 6. The standard InChI is InChI=1S/C29H28N4O4/c34-27-8-6-24-17-26(27)29(35)30-11-2-14-36-22-4-1-3-20(16-22)28-25-7-5-23(37-24)15-19(25)10-13-33(28)18-21-9-12-31-32-21/h1,3-9,12,15-17,28,34H,2,10-11,13-14,18H2,(H,30,35)(H,31,32). The maximum atomic E-state index is 12.7. The second-order valence-electron chi connectivity index (χ2n) is 9.38. The van der Waals surface area contributed by atoms with Gasteiger partial charge in [-0.1, -0.05) is 18.2 Å². The van der Waals surface area contributed by atoms with Crippen molar-refractivity contribution in [2.45, 2.75) is 25.4 Å². The lowest BCUT2D eigenvalue weighted by atomic mass is 9.87. The molecule has 37 heavy (non-hydrogen) atoms. The molecule has 8 nitrogen and oxygen atoms in total. The van der Waals surface area contributed by atoms with Gasteiger partial charge >= 0.3 is 0 Å². The second-order valence-corrected chi connectivity index (χ2v) is 9.38. The average Bonchev–Trinajstić information content (AvgIpc) is 3.42. The molecule has 0 saturated heterocycles. The molecule has 3 N–H and O–H groups in total. The zero-order chi connectivity index (χ0) is 25.2. The number of aromatic amines is 1. The predicted octanol–water partition coefficient (Wildman–Crippen LogP) is 4.57. The Bertz CT molecular complexity index is 1420. The summed E-state index contributed by atoms with van der Waals surface area (Å²) in [6.07, 6.45) is 3.29. The smallest absolute Gasteiger partial charge is 0.255 e. The molecule has 3 aliphatic rings. The molecule has 1 unspecified atom stereocenters. The SMILES string of the molecule is O=C1NCCCOc2cccc(c2)C2c3ccc(cc3CCN2Cc2ccn[nH]2)Oc2ccc(O)c1c2. The Balaban J connectivity index is 1.41. The summed E-state index contributed by atoms with van der Waals surface area (Å²) in [4.78, 5) is 15.1. The van der Waals surface area contributed by atoms with Crippen molar-refractivity contribution in [3.05, 3.63) is 101 Å². The van der Waals surface area contributed by atoms with Crippen LogP contribution in [0.3, 0.4) is 0 Å². The third kappa shape index (κ3) is 4.88. The summed E-state index contributed by atoms with van der Waals surface area (Å²) < 4.78 is 12.2. The number of hydrogen-bond donors (Lipinski definition) is 3. The van der Waals surface area contributed by atoms with Gasteiger partial charge in [0.15, 0.2) is 0 Å². The normalized spacial score (nSPS) is 17.7. The topological polar surface area (TPSA) is 99.7 Å². The molecule has 7 rings (SSSR count). The Morgan fingerprint density at radius 1 is 1.03 bits per heavy atom. The minimum Gasteiger partial charge on any atom is -0.507 e. The molecule has 0 saturated carbocycles. The van der Waals surface area contributed by atoms with E-state index in [-0.39, 0.29) is 23.3 Å². The molecule has 1 atom stereocenters. The molecule has 188 valence electrons. The van der Waals surface area contributed by atoms with Gasteiger partial charge in [-0.05, 0) is 78.1 Å². The summed E-state index contributed by atoms with van der Waals surface area (Å²) in [6.45, 7) is 2.51. The van der Waals surface area contributed by atoms with Crippen LogP contribution in [0.25, 0.3) is 0 Å². The van der Waals surface area contributed by atoms with E-state index in [1.165, 1.54) is 17.2 Å². The van der Waals surface area contributed by atoms with Gasteiger partial charge in [0.2, 0.25) is 0 Å². The zero-order valence-corrected chi connectivity index (χ0v) is 20.3. The molecule has 0 fully saturated rings. The summed E-state index contributed by atoms with van der Waals surface area (Å²) >= 11 is 0. The van der Waals surface area contributed by atoms with Crippen LogP contribution in [0.4, 0.5) is 0 Å². The van der Waals surface area contributed by atoms with E-state index >= 15 is 0 Å². The minimum atomic E-state index is -0.350. The molecule has 4 heterocycles. The summed E-state index contributed by atoms with van der Waals surface area (Å²) in [5.74, 6) is 1.54. The summed E-state index contributed by atoms with van der Waals surface area (Å²) in [5, 5.41) is 20.3. The van der Waals surface area contributed by atoms with Gasteiger partial charge in [-0.25, -0.2) is 0 Å². The maximum Gasteiger partial charge on any atom is 0.255 e. The van der Waals surface area contributed by atoms with Crippen molar-refractivity contribution in [2.75, 3.05) is 19.7 Å². The highest BCUT2D eigenvalue weighted by atomic mass is 16.5. The summed E-state index contributed by atoms with van der Waals surface area (Å²) in [6, 6.07) is 21.2. The van der Waals surface area contributed by atoms with E-state index in [1.54, 1.807) is 18.3 Å². The fraction of sp³-hybridized carbons (Fsp3) is 0.241. The molecule has 0 radical (unpaired) electrons. The first-order valence-corrected chi connectivity index (χ1v) is 12.5. The molecule has 8 bridgehead atoms. The number of carbonyl (C=O) groups is 1. The van der Waals surface area contributed by atoms with Crippen LogP contribution in [-0.2, 0) is 13.0 Å². The summed E-state index contributed by atoms with van der Waals surface area (Å²) in [5.41, 5.74) is 4.85. The number of amides is 1. The van der Waals surface area contributed by atoms with Crippen LogP contribution in [0.5, 0.6) is 23.0 Å². The van der Waals surface area contributed by atoms with Crippen molar-refractivity contribution in [3.63, 3.8) is 0 Å². The van der Waals surface area contributed by atoms with Gasteiger partial charge in [0.25, 0.3) is 5.91 Å². The Kier molecular flexibility index (Phi) is 6.24. The average molecular weight is 497 g/mol. The number of ether oxygens (including phenoxy) is 2. The highest BCUT2D eigenvalue weighted by molar-refractivity contribution is 5.97. The van der Waals surface area contributed by atoms with E-state index in [9.17, 15) is 9.90 Å². The lowest BCUT2D eigenvalue weighted by Crippen LogP contribution is -2.35. The van der Waals surface area contributed by atoms with E-state index in [1.807, 2.05) is 24.3 Å². The Morgan fingerprint density at radius 3 is 2.81 bits per heavy atom. The number of nitrogens with one attached hydrogen (secondary N) is 2. The van der Waals surface area contributed by atoms with E-state index in [2.05, 4.69) is 44.7 Å². The Labute approximate surface area is 214 Å². The van der Waals surface area contributed by atoms with Crippen LogP contribution >= 0.6 is 0 Å². The van der Waals surface area contributed by atoms with E-state index in [4.69, 9.17) is 9.47 Å². The van der Waals surface area contributed by atoms with Crippen LogP contribution in [0.15, 0.2) is 72.9 Å². The van der Waals surface area contributed by atoms with Crippen molar-refractivity contribution in [3.8, 4) is 23.0 Å². The van der Waals surface area contributed by atoms with Crippen LogP contribution in [0.1, 0.15) is 45.2 Å². The third-order valence-electron chi connectivity index (χ3n) is 6.87. The van der Waals surface area contributed by atoms with Gasteiger partial charge in [-0.3, -0.25) is 14.8 Å². The van der Waals surface area contributed by atoms with Crippen LogP contribution in [0, 0.1) is 0 Å². The molecular formula is C29H28N4O4.